The summed E-state index contributed by atoms with van der Waals surface area (Å²) >= 11 is 5.96. The molecule has 1 aromatic carbocycles. The van der Waals surface area contributed by atoms with Crippen LogP contribution in [-0.4, -0.2) is 18.6 Å². The van der Waals surface area contributed by atoms with E-state index >= 15 is 0 Å². The van der Waals surface area contributed by atoms with Crippen molar-refractivity contribution in [2.24, 2.45) is 0 Å². The first-order valence-electron chi connectivity index (χ1n) is 5.71. The van der Waals surface area contributed by atoms with Crippen molar-refractivity contribution in [3.8, 4) is 5.75 Å². The molecule has 0 unspecified atom stereocenters. The van der Waals surface area contributed by atoms with Crippen molar-refractivity contribution in [2.45, 2.75) is 33.2 Å². The number of hydrogen-bond acceptors (Lipinski definition) is 2. The van der Waals surface area contributed by atoms with Gasteiger partial charge in [0.15, 0.2) is 6.61 Å². The standard InChI is InChI=1S/C13H18ClNO2/c1-4-10(3)15-13(16)8-17-12-7-9(2)5-6-11(12)14/h5-7,10H,4,8H2,1-3H3,(H,15,16)/t10-/m0/s1. The molecule has 0 bridgehead atoms. The summed E-state index contributed by atoms with van der Waals surface area (Å²) in [5.74, 6) is 0.419. The molecule has 0 radical (unpaired) electrons. The van der Waals surface area contributed by atoms with Crippen molar-refractivity contribution in [3.05, 3.63) is 28.8 Å². The number of amides is 1. The third kappa shape index (κ3) is 4.65. The molecular formula is C13H18ClNO2. The molecule has 0 aliphatic carbocycles. The molecule has 94 valence electrons. The number of carbonyl (C=O) groups is 1. The summed E-state index contributed by atoms with van der Waals surface area (Å²) in [6.07, 6.45) is 0.900. The minimum atomic E-state index is -0.128. The average Bonchev–Trinajstić information content (AvgIpc) is 2.30. The fourth-order valence-electron chi connectivity index (χ4n) is 1.28. The first kappa shape index (κ1) is 13.8. The molecule has 1 rings (SSSR count). The quantitative estimate of drug-likeness (QED) is 0.879. The zero-order valence-electron chi connectivity index (χ0n) is 10.4. The monoisotopic (exact) mass is 255 g/mol. The Balaban J connectivity index is 2.50. The van der Waals surface area contributed by atoms with E-state index in [2.05, 4.69) is 5.32 Å². The van der Waals surface area contributed by atoms with E-state index in [0.29, 0.717) is 10.8 Å². The maximum absolute atomic E-state index is 11.5. The van der Waals surface area contributed by atoms with Crippen LogP contribution >= 0.6 is 11.6 Å². The van der Waals surface area contributed by atoms with Gasteiger partial charge >= 0.3 is 0 Å². The van der Waals surface area contributed by atoms with Crippen LogP contribution in [0.1, 0.15) is 25.8 Å². The molecular weight excluding hydrogens is 238 g/mol. The number of carbonyl (C=O) groups excluding carboxylic acids is 1. The molecule has 1 amide bonds. The highest BCUT2D eigenvalue weighted by Crippen LogP contribution is 2.24. The van der Waals surface area contributed by atoms with Crippen LogP contribution in [0.15, 0.2) is 18.2 Å². The third-order valence-electron chi connectivity index (χ3n) is 2.47. The zero-order valence-corrected chi connectivity index (χ0v) is 11.2. The Morgan fingerprint density at radius 2 is 2.24 bits per heavy atom. The number of nitrogens with one attached hydrogen (secondary N) is 1. The van der Waals surface area contributed by atoms with Gasteiger partial charge in [-0.1, -0.05) is 24.6 Å². The Kier molecular flexibility index (Phi) is 5.29. The molecule has 1 aromatic rings. The summed E-state index contributed by atoms with van der Waals surface area (Å²) in [5, 5.41) is 3.35. The Labute approximate surface area is 107 Å². The molecule has 4 heteroatoms. The Hall–Kier alpha value is -1.22. The van der Waals surface area contributed by atoms with Crippen LogP contribution in [0.3, 0.4) is 0 Å². The van der Waals surface area contributed by atoms with Gasteiger partial charge in [-0.05, 0) is 38.0 Å². The highest BCUT2D eigenvalue weighted by molar-refractivity contribution is 6.32. The Bertz CT molecular complexity index is 393. The second kappa shape index (κ2) is 6.50. The van der Waals surface area contributed by atoms with E-state index < -0.39 is 0 Å². The van der Waals surface area contributed by atoms with E-state index in [1.165, 1.54) is 0 Å². The lowest BCUT2D eigenvalue weighted by atomic mass is 10.2. The Morgan fingerprint density at radius 1 is 1.53 bits per heavy atom. The topological polar surface area (TPSA) is 38.3 Å². The van der Waals surface area contributed by atoms with Gasteiger partial charge in [0.1, 0.15) is 5.75 Å². The highest BCUT2D eigenvalue weighted by atomic mass is 35.5. The van der Waals surface area contributed by atoms with E-state index in [9.17, 15) is 4.79 Å². The lowest BCUT2D eigenvalue weighted by molar-refractivity contribution is -0.123. The van der Waals surface area contributed by atoms with Crippen molar-refractivity contribution in [1.82, 2.24) is 5.32 Å². The summed E-state index contributed by atoms with van der Waals surface area (Å²) in [6, 6.07) is 5.64. The number of rotatable bonds is 5. The SMILES string of the molecule is CC[C@H](C)NC(=O)COc1cc(C)ccc1Cl. The lowest BCUT2D eigenvalue weighted by Gasteiger charge is -2.12. The molecule has 0 fully saturated rings. The van der Waals surface area contributed by atoms with E-state index in [1.807, 2.05) is 32.9 Å². The largest absolute Gasteiger partial charge is 0.482 e. The van der Waals surface area contributed by atoms with Gasteiger partial charge in [0, 0.05) is 6.04 Å². The lowest BCUT2D eigenvalue weighted by Crippen LogP contribution is -2.35. The molecule has 17 heavy (non-hydrogen) atoms. The van der Waals surface area contributed by atoms with E-state index in [0.717, 1.165) is 12.0 Å². The highest BCUT2D eigenvalue weighted by Gasteiger charge is 2.08. The van der Waals surface area contributed by atoms with Crippen LogP contribution in [0.4, 0.5) is 0 Å². The Morgan fingerprint density at radius 3 is 2.88 bits per heavy atom. The second-order valence-corrected chi connectivity index (χ2v) is 4.51. The van der Waals surface area contributed by atoms with Crippen LogP contribution < -0.4 is 10.1 Å². The molecule has 1 atom stereocenters. The van der Waals surface area contributed by atoms with Gasteiger partial charge in [-0.25, -0.2) is 0 Å². The third-order valence-corrected chi connectivity index (χ3v) is 2.78. The molecule has 3 nitrogen and oxygen atoms in total. The molecule has 0 saturated carbocycles. The number of benzene rings is 1. The van der Waals surface area contributed by atoms with Crippen molar-refractivity contribution < 1.29 is 9.53 Å². The maximum Gasteiger partial charge on any atom is 0.258 e. The van der Waals surface area contributed by atoms with Crippen LogP contribution in [0.25, 0.3) is 0 Å². The minimum Gasteiger partial charge on any atom is -0.482 e. The maximum atomic E-state index is 11.5. The van der Waals surface area contributed by atoms with Gasteiger partial charge in [0.25, 0.3) is 5.91 Å². The first-order chi connectivity index (χ1) is 8.02. The van der Waals surface area contributed by atoms with Gasteiger partial charge in [0.05, 0.1) is 5.02 Å². The zero-order chi connectivity index (χ0) is 12.8. The summed E-state index contributed by atoms with van der Waals surface area (Å²) < 4.78 is 5.38. The molecule has 0 spiro atoms. The fraction of sp³-hybridized carbons (Fsp3) is 0.462. The van der Waals surface area contributed by atoms with E-state index in [4.69, 9.17) is 16.3 Å². The van der Waals surface area contributed by atoms with Crippen LogP contribution in [0.2, 0.25) is 5.02 Å². The molecule has 0 aromatic heterocycles. The minimum absolute atomic E-state index is 0.00644. The van der Waals surface area contributed by atoms with Gasteiger partial charge in [-0.15, -0.1) is 0 Å². The average molecular weight is 256 g/mol. The summed E-state index contributed by atoms with van der Waals surface area (Å²) in [4.78, 5) is 11.5. The number of halogens is 1. The van der Waals surface area contributed by atoms with Gasteiger partial charge in [-0.3, -0.25) is 4.79 Å². The van der Waals surface area contributed by atoms with Crippen LogP contribution in [0, 0.1) is 6.92 Å². The first-order valence-corrected chi connectivity index (χ1v) is 6.09. The number of ether oxygens (including phenoxy) is 1. The molecule has 1 N–H and O–H groups in total. The summed E-state index contributed by atoms with van der Waals surface area (Å²) in [7, 11) is 0. The van der Waals surface area contributed by atoms with E-state index in [-0.39, 0.29) is 18.6 Å². The van der Waals surface area contributed by atoms with E-state index in [1.54, 1.807) is 6.07 Å². The smallest absolute Gasteiger partial charge is 0.258 e. The molecule has 0 heterocycles. The molecule has 0 saturated heterocycles. The summed E-state index contributed by atoms with van der Waals surface area (Å²) in [6.45, 7) is 5.91. The predicted octanol–water partition coefficient (Wildman–Crippen LogP) is 2.94. The van der Waals surface area contributed by atoms with Gasteiger partial charge in [-0.2, -0.15) is 0 Å². The predicted molar refractivity (Wildman–Crippen MR) is 69.6 cm³/mol. The van der Waals surface area contributed by atoms with Crippen molar-refractivity contribution in [3.63, 3.8) is 0 Å². The molecule has 0 aliphatic rings. The summed E-state index contributed by atoms with van der Waals surface area (Å²) in [5.41, 5.74) is 1.05. The van der Waals surface area contributed by atoms with Crippen molar-refractivity contribution in [1.29, 1.82) is 0 Å². The fourth-order valence-corrected chi connectivity index (χ4v) is 1.46. The van der Waals surface area contributed by atoms with Crippen molar-refractivity contribution >= 4 is 17.5 Å². The van der Waals surface area contributed by atoms with Crippen LogP contribution in [-0.2, 0) is 4.79 Å². The number of aryl methyl sites for hydroxylation is 1. The van der Waals surface area contributed by atoms with Crippen molar-refractivity contribution in [2.75, 3.05) is 6.61 Å². The van der Waals surface area contributed by atoms with Gasteiger partial charge < -0.3 is 10.1 Å². The second-order valence-electron chi connectivity index (χ2n) is 4.10. The normalized spacial score (nSPS) is 12.0. The molecule has 0 aliphatic heterocycles. The number of hydrogen-bond donors (Lipinski definition) is 1. The van der Waals surface area contributed by atoms with Crippen LogP contribution in [0.5, 0.6) is 5.75 Å². The van der Waals surface area contributed by atoms with Gasteiger partial charge in [0.2, 0.25) is 0 Å².